The van der Waals surface area contributed by atoms with Crippen LogP contribution in [0.2, 0.25) is 0 Å². The van der Waals surface area contributed by atoms with Gasteiger partial charge in [0.25, 0.3) is 0 Å². The van der Waals surface area contributed by atoms with Gasteiger partial charge in [0.2, 0.25) is 0 Å². The first-order valence-electron chi connectivity index (χ1n) is 8.86. The van der Waals surface area contributed by atoms with Crippen molar-refractivity contribution in [2.75, 3.05) is 0 Å². The van der Waals surface area contributed by atoms with Gasteiger partial charge >= 0.3 is 0 Å². The molecule has 2 aliphatic rings. The Kier molecular flexibility index (Phi) is 5.71. The third kappa shape index (κ3) is 3.95. The van der Waals surface area contributed by atoms with Crippen LogP contribution in [0.25, 0.3) is 0 Å². The number of hydrogen-bond donors (Lipinski definition) is 0. The molecule has 0 spiro atoms. The summed E-state index contributed by atoms with van der Waals surface area (Å²) in [6.07, 6.45) is 14.2. The van der Waals surface area contributed by atoms with Gasteiger partial charge in [-0.3, -0.25) is 0 Å². The molecule has 0 bridgehead atoms. The predicted molar refractivity (Wildman–Crippen MR) is 81.1 cm³/mol. The smallest absolute Gasteiger partial charge is 0.113 e. The summed E-state index contributed by atoms with van der Waals surface area (Å²) >= 11 is 0. The molecule has 19 heavy (non-hydrogen) atoms. The van der Waals surface area contributed by atoms with Gasteiger partial charge in [0.05, 0.1) is 0 Å². The summed E-state index contributed by atoms with van der Waals surface area (Å²) in [7, 11) is 0. The summed E-state index contributed by atoms with van der Waals surface area (Å²) in [5.41, 5.74) is -0.790. The lowest BCUT2D eigenvalue weighted by atomic mass is 9.66. The molecule has 2 aliphatic carbocycles. The van der Waals surface area contributed by atoms with Crippen molar-refractivity contribution in [2.24, 2.45) is 17.8 Å². The van der Waals surface area contributed by atoms with Crippen LogP contribution in [-0.4, -0.2) is 5.67 Å². The lowest BCUT2D eigenvalue weighted by Crippen LogP contribution is -2.39. The van der Waals surface area contributed by atoms with Crippen LogP contribution in [0.5, 0.6) is 0 Å². The second-order valence-electron chi connectivity index (χ2n) is 7.27. The number of rotatable bonds is 5. The average molecular weight is 268 g/mol. The summed E-state index contributed by atoms with van der Waals surface area (Å²) < 4.78 is 15.2. The molecular weight excluding hydrogens is 235 g/mol. The van der Waals surface area contributed by atoms with Crippen LogP contribution in [0, 0.1) is 17.8 Å². The molecule has 2 fully saturated rings. The van der Waals surface area contributed by atoms with Crippen LogP contribution in [0.4, 0.5) is 4.39 Å². The zero-order valence-corrected chi connectivity index (χ0v) is 13.1. The van der Waals surface area contributed by atoms with Crippen molar-refractivity contribution >= 4 is 0 Å². The Hall–Kier alpha value is -0.0700. The van der Waals surface area contributed by atoms with Gasteiger partial charge in [-0.05, 0) is 56.3 Å². The Morgan fingerprint density at radius 1 is 0.789 bits per heavy atom. The molecular formula is C18H33F. The van der Waals surface area contributed by atoms with Crippen molar-refractivity contribution in [1.29, 1.82) is 0 Å². The topological polar surface area (TPSA) is 0 Å². The van der Waals surface area contributed by atoms with Crippen LogP contribution in [0.15, 0.2) is 0 Å². The van der Waals surface area contributed by atoms with Gasteiger partial charge < -0.3 is 0 Å². The Morgan fingerprint density at radius 3 is 1.74 bits per heavy atom. The number of alkyl halides is 1. The van der Waals surface area contributed by atoms with Gasteiger partial charge in [0, 0.05) is 0 Å². The molecule has 0 unspecified atom stereocenters. The fraction of sp³-hybridized carbons (Fsp3) is 1.00. The minimum atomic E-state index is -0.790. The van der Waals surface area contributed by atoms with Crippen LogP contribution < -0.4 is 0 Å². The number of halogens is 1. The van der Waals surface area contributed by atoms with E-state index in [-0.39, 0.29) is 0 Å². The van der Waals surface area contributed by atoms with Crippen molar-refractivity contribution in [3.63, 3.8) is 0 Å². The monoisotopic (exact) mass is 268 g/mol. The maximum Gasteiger partial charge on any atom is 0.113 e. The highest BCUT2D eigenvalue weighted by Crippen LogP contribution is 2.47. The van der Waals surface area contributed by atoms with Gasteiger partial charge in [-0.1, -0.05) is 52.4 Å². The minimum Gasteiger partial charge on any atom is -0.244 e. The fourth-order valence-electron chi connectivity index (χ4n) is 4.64. The molecule has 0 saturated heterocycles. The van der Waals surface area contributed by atoms with Crippen molar-refractivity contribution in [1.82, 2.24) is 0 Å². The average Bonchev–Trinajstić information content (AvgIpc) is 2.43. The second-order valence-corrected chi connectivity index (χ2v) is 7.27. The van der Waals surface area contributed by atoms with E-state index in [0.717, 1.165) is 37.5 Å². The first kappa shape index (κ1) is 15.3. The largest absolute Gasteiger partial charge is 0.244 e. The molecule has 0 nitrogen and oxygen atoms in total. The summed E-state index contributed by atoms with van der Waals surface area (Å²) in [6.45, 7) is 4.53. The molecule has 0 heterocycles. The van der Waals surface area contributed by atoms with E-state index in [1.54, 1.807) is 0 Å². The Labute approximate surface area is 119 Å². The molecule has 0 aromatic carbocycles. The molecule has 0 aromatic rings. The molecule has 112 valence electrons. The first-order valence-corrected chi connectivity index (χ1v) is 8.86. The van der Waals surface area contributed by atoms with Crippen LogP contribution in [-0.2, 0) is 0 Å². The van der Waals surface area contributed by atoms with Crippen LogP contribution in [0.1, 0.15) is 90.9 Å². The molecule has 2 rings (SSSR count). The zero-order chi connectivity index (χ0) is 13.7. The van der Waals surface area contributed by atoms with E-state index in [4.69, 9.17) is 0 Å². The summed E-state index contributed by atoms with van der Waals surface area (Å²) in [5, 5.41) is 0. The van der Waals surface area contributed by atoms with E-state index in [0.29, 0.717) is 5.92 Å². The normalized spacial score (nSPS) is 40.3. The second kappa shape index (κ2) is 7.09. The highest BCUT2D eigenvalue weighted by Gasteiger charge is 2.42. The highest BCUT2D eigenvalue weighted by molar-refractivity contribution is 4.93. The van der Waals surface area contributed by atoms with E-state index < -0.39 is 5.67 Å². The molecule has 0 aromatic heterocycles. The molecule has 0 radical (unpaired) electrons. The van der Waals surface area contributed by atoms with E-state index in [1.165, 1.54) is 51.4 Å². The van der Waals surface area contributed by atoms with Crippen LogP contribution >= 0.6 is 0 Å². The van der Waals surface area contributed by atoms with Crippen molar-refractivity contribution < 1.29 is 4.39 Å². The molecule has 1 heteroatoms. The van der Waals surface area contributed by atoms with Gasteiger partial charge in [-0.25, -0.2) is 4.39 Å². The standard InChI is InChI=1S/C18H33F/c1-3-5-15-7-9-17(10-8-15)18(19)13-11-16(6-4-2)12-14-18/h15-17H,3-14H2,1-2H3/t15?,16-,17?,18+. The molecule has 0 atom stereocenters. The fourth-order valence-corrected chi connectivity index (χ4v) is 4.64. The minimum absolute atomic E-state index is 0.392. The van der Waals surface area contributed by atoms with Gasteiger partial charge in [0.15, 0.2) is 0 Å². The summed E-state index contributed by atoms with van der Waals surface area (Å²) in [6, 6.07) is 0. The van der Waals surface area contributed by atoms with E-state index in [1.807, 2.05) is 0 Å². The zero-order valence-electron chi connectivity index (χ0n) is 13.1. The maximum atomic E-state index is 15.2. The highest BCUT2D eigenvalue weighted by atomic mass is 19.1. The van der Waals surface area contributed by atoms with E-state index >= 15 is 4.39 Å². The van der Waals surface area contributed by atoms with Crippen molar-refractivity contribution in [3.8, 4) is 0 Å². The predicted octanol–water partition coefficient (Wildman–Crippen LogP) is 6.29. The third-order valence-corrected chi connectivity index (χ3v) is 5.91. The van der Waals surface area contributed by atoms with Gasteiger partial charge in [-0.15, -0.1) is 0 Å². The van der Waals surface area contributed by atoms with E-state index in [9.17, 15) is 0 Å². The quantitative estimate of drug-likeness (QED) is 0.549. The molecule has 0 aliphatic heterocycles. The maximum absolute atomic E-state index is 15.2. The Balaban J connectivity index is 1.79. The van der Waals surface area contributed by atoms with Crippen molar-refractivity contribution in [2.45, 2.75) is 96.6 Å². The Morgan fingerprint density at radius 2 is 1.26 bits per heavy atom. The molecule has 0 amide bonds. The van der Waals surface area contributed by atoms with E-state index in [2.05, 4.69) is 13.8 Å². The Bertz CT molecular complexity index is 244. The molecule has 0 N–H and O–H groups in total. The van der Waals surface area contributed by atoms with Crippen LogP contribution in [0.3, 0.4) is 0 Å². The van der Waals surface area contributed by atoms with Gasteiger partial charge in [-0.2, -0.15) is 0 Å². The summed E-state index contributed by atoms with van der Waals surface area (Å²) in [4.78, 5) is 0. The lowest BCUT2D eigenvalue weighted by Gasteiger charge is -2.42. The third-order valence-electron chi connectivity index (χ3n) is 5.91. The number of hydrogen-bond acceptors (Lipinski definition) is 0. The van der Waals surface area contributed by atoms with Gasteiger partial charge in [0.1, 0.15) is 5.67 Å². The molecule has 2 saturated carbocycles. The SMILES string of the molecule is CCCC1CCC([C@]2(F)CC[C@@H](CCC)CC2)CC1. The first-order chi connectivity index (χ1) is 9.18. The lowest BCUT2D eigenvalue weighted by molar-refractivity contribution is -0.00269. The summed E-state index contributed by atoms with van der Waals surface area (Å²) in [5.74, 6) is 2.12. The van der Waals surface area contributed by atoms with Crippen molar-refractivity contribution in [3.05, 3.63) is 0 Å².